The monoisotopic (exact) mass is 277 g/mol. The maximum atomic E-state index is 11.0. The van der Waals surface area contributed by atoms with Gasteiger partial charge in [0.15, 0.2) is 5.76 Å². The summed E-state index contributed by atoms with van der Waals surface area (Å²) in [6.45, 7) is 4.64. The summed E-state index contributed by atoms with van der Waals surface area (Å²) in [6.07, 6.45) is 2.24. The molecule has 3 N–H and O–H groups in total. The molecule has 0 saturated heterocycles. The second-order valence-corrected chi connectivity index (χ2v) is 5.35. The molecule has 2 aromatic rings. The number of carboxylic acids is 1. The van der Waals surface area contributed by atoms with Crippen molar-refractivity contribution in [3.8, 4) is 11.5 Å². The van der Waals surface area contributed by atoms with Crippen LogP contribution in [0.15, 0.2) is 28.8 Å². The number of carbonyl (C=O) groups is 1. The molecule has 108 valence electrons. The second-order valence-electron chi connectivity index (χ2n) is 5.35. The van der Waals surface area contributed by atoms with E-state index in [1.165, 1.54) is 0 Å². The van der Waals surface area contributed by atoms with E-state index < -0.39 is 11.4 Å². The molecule has 0 radical (unpaired) electrons. The van der Waals surface area contributed by atoms with Crippen molar-refractivity contribution in [1.82, 2.24) is 15.5 Å². The number of aromatic nitrogens is 2. The number of hydrogen-bond donors (Lipinski definition) is 3. The van der Waals surface area contributed by atoms with E-state index in [9.17, 15) is 4.79 Å². The van der Waals surface area contributed by atoms with E-state index in [0.29, 0.717) is 19.5 Å². The zero-order chi connectivity index (χ0) is 14.6. The fourth-order valence-corrected chi connectivity index (χ4v) is 1.73. The summed E-state index contributed by atoms with van der Waals surface area (Å²) in [6, 6.07) is 5.61. The smallest absolute Gasteiger partial charge is 0.309 e. The zero-order valence-corrected chi connectivity index (χ0v) is 11.6. The number of aliphatic carboxylic acids is 1. The van der Waals surface area contributed by atoms with Gasteiger partial charge < -0.3 is 14.8 Å². The van der Waals surface area contributed by atoms with E-state index in [0.717, 1.165) is 17.2 Å². The molecule has 2 rings (SSSR count). The average molecular weight is 277 g/mol. The van der Waals surface area contributed by atoms with Gasteiger partial charge in [0.1, 0.15) is 11.5 Å². The molecular weight excluding hydrogens is 258 g/mol. The number of aromatic amines is 1. The van der Waals surface area contributed by atoms with Gasteiger partial charge in [-0.2, -0.15) is 5.10 Å². The molecule has 6 heteroatoms. The average Bonchev–Trinajstić information content (AvgIpc) is 3.05. The number of furan rings is 1. The van der Waals surface area contributed by atoms with E-state index in [4.69, 9.17) is 9.52 Å². The summed E-state index contributed by atoms with van der Waals surface area (Å²) < 4.78 is 5.66. The van der Waals surface area contributed by atoms with Crippen molar-refractivity contribution < 1.29 is 14.3 Å². The topological polar surface area (TPSA) is 91.2 Å². The zero-order valence-electron chi connectivity index (χ0n) is 11.6. The van der Waals surface area contributed by atoms with Crippen LogP contribution in [0.1, 0.15) is 26.0 Å². The number of rotatable bonds is 7. The Morgan fingerprint density at radius 1 is 1.45 bits per heavy atom. The molecule has 0 bridgehead atoms. The van der Waals surface area contributed by atoms with E-state index >= 15 is 0 Å². The standard InChI is InChI=1S/C14H19N3O3/c1-14(2,13(18)19)6-8-15-9-10-3-4-12(20-10)11-5-7-16-17-11/h3-5,7,15H,6,8-9H2,1-2H3,(H,16,17)(H,18,19). The van der Waals surface area contributed by atoms with Crippen LogP contribution in [0.4, 0.5) is 0 Å². The Labute approximate surface area is 117 Å². The van der Waals surface area contributed by atoms with Crippen LogP contribution < -0.4 is 5.32 Å². The largest absolute Gasteiger partial charge is 0.481 e. The van der Waals surface area contributed by atoms with Crippen molar-refractivity contribution in [1.29, 1.82) is 0 Å². The van der Waals surface area contributed by atoms with Gasteiger partial charge in [0.05, 0.1) is 12.0 Å². The molecule has 0 amide bonds. The van der Waals surface area contributed by atoms with Crippen molar-refractivity contribution in [3.05, 3.63) is 30.2 Å². The van der Waals surface area contributed by atoms with E-state index in [1.807, 2.05) is 18.2 Å². The number of H-pyrrole nitrogens is 1. The minimum Gasteiger partial charge on any atom is -0.481 e. The van der Waals surface area contributed by atoms with Crippen LogP contribution in [0, 0.1) is 5.41 Å². The van der Waals surface area contributed by atoms with Gasteiger partial charge in [0.25, 0.3) is 0 Å². The molecule has 0 spiro atoms. The Balaban J connectivity index is 1.79. The first-order chi connectivity index (χ1) is 9.49. The summed E-state index contributed by atoms with van der Waals surface area (Å²) in [7, 11) is 0. The number of carboxylic acid groups (broad SMARTS) is 1. The third-order valence-electron chi connectivity index (χ3n) is 3.23. The molecule has 0 aliphatic heterocycles. The lowest BCUT2D eigenvalue weighted by molar-refractivity contribution is -0.147. The highest BCUT2D eigenvalue weighted by Crippen LogP contribution is 2.21. The van der Waals surface area contributed by atoms with Gasteiger partial charge in [0.2, 0.25) is 0 Å². The Morgan fingerprint density at radius 2 is 2.25 bits per heavy atom. The van der Waals surface area contributed by atoms with Crippen molar-refractivity contribution in [2.24, 2.45) is 5.41 Å². The first-order valence-electron chi connectivity index (χ1n) is 6.51. The van der Waals surface area contributed by atoms with Crippen LogP contribution in [0.5, 0.6) is 0 Å². The van der Waals surface area contributed by atoms with Crippen molar-refractivity contribution in [2.45, 2.75) is 26.8 Å². The molecule has 2 aromatic heterocycles. The maximum Gasteiger partial charge on any atom is 0.309 e. The van der Waals surface area contributed by atoms with Gasteiger partial charge in [0, 0.05) is 6.20 Å². The number of nitrogens with zero attached hydrogens (tertiary/aromatic N) is 1. The molecule has 0 aliphatic rings. The molecule has 0 unspecified atom stereocenters. The lowest BCUT2D eigenvalue weighted by atomic mass is 9.90. The lowest BCUT2D eigenvalue weighted by Gasteiger charge is -2.18. The highest BCUT2D eigenvalue weighted by atomic mass is 16.4. The predicted molar refractivity (Wildman–Crippen MR) is 74.0 cm³/mol. The van der Waals surface area contributed by atoms with Crippen LogP contribution in [0.3, 0.4) is 0 Å². The van der Waals surface area contributed by atoms with Gasteiger partial charge in [-0.05, 0) is 45.0 Å². The number of nitrogens with one attached hydrogen (secondary N) is 2. The highest BCUT2D eigenvalue weighted by Gasteiger charge is 2.26. The van der Waals surface area contributed by atoms with Crippen LogP contribution in [0.25, 0.3) is 11.5 Å². The Morgan fingerprint density at radius 3 is 2.90 bits per heavy atom. The van der Waals surface area contributed by atoms with Crippen LogP contribution in [-0.4, -0.2) is 27.8 Å². The van der Waals surface area contributed by atoms with Crippen molar-refractivity contribution in [3.63, 3.8) is 0 Å². The van der Waals surface area contributed by atoms with Crippen molar-refractivity contribution in [2.75, 3.05) is 6.54 Å². The fraction of sp³-hybridized carbons (Fsp3) is 0.429. The molecule has 6 nitrogen and oxygen atoms in total. The molecule has 0 fully saturated rings. The summed E-state index contributed by atoms with van der Waals surface area (Å²) in [4.78, 5) is 11.0. The SMILES string of the molecule is CC(C)(CCNCc1ccc(-c2ccn[nH]2)o1)C(=O)O. The fourth-order valence-electron chi connectivity index (χ4n) is 1.73. The third-order valence-corrected chi connectivity index (χ3v) is 3.23. The van der Waals surface area contributed by atoms with E-state index in [2.05, 4.69) is 15.5 Å². The summed E-state index contributed by atoms with van der Waals surface area (Å²) >= 11 is 0. The van der Waals surface area contributed by atoms with E-state index in [-0.39, 0.29) is 0 Å². The maximum absolute atomic E-state index is 11.0. The minimum absolute atomic E-state index is 0.566. The minimum atomic E-state index is -0.779. The van der Waals surface area contributed by atoms with Gasteiger partial charge in [-0.25, -0.2) is 0 Å². The predicted octanol–water partition coefficient (Wildman–Crippen LogP) is 2.26. The van der Waals surface area contributed by atoms with Gasteiger partial charge in [-0.15, -0.1) is 0 Å². The lowest BCUT2D eigenvalue weighted by Crippen LogP contribution is -2.28. The molecule has 0 aromatic carbocycles. The summed E-state index contributed by atoms with van der Waals surface area (Å²) in [5.41, 5.74) is 0.125. The van der Waals surface area contributed by atoms with Crippen LogP contribution in [-0.2, 0) is 11.3 Å². The Hall–Kier alpha value is -2.08. The molecule has 0 atom stereocenters. The summed E-state index contributed by atoms with van der Waals surface area (Å²) in [5, 5.41) is 18.9. The molecule has 20 heavy (non-hydrogen) atoms. The second kappa shape index (κ2) is 5.92. The Bertz CT molecular complexity index is 558. The van der Waals surface area contributed by atoms with Gasteiger partial charge in [-0.1, -0.05) is 0 Å². The van der Waals surface area contributed by atoms with Crippen LogP contribution in [0.2, 0.25) is 0 Å². The quantitative estimate of drug-likeness (QED) is 0.675. The summed E-state index contributed by atoms with van der Waals surface area (Å²) in [5.74, 6) is 0.770. The number of hydrogen-bond acceptors (Lipinski definition) is 4. The molecule has 0 saturated carbocycles. The van der Waals surface area contributed by atoms with E-state index in [1.54, 1.807) is 20.0 Å². The molecular formula is C14H19N3O3. The molecule has 0 aliphatic carbocycles. The first kappa shape index (κ1) is 14.3. The Kier molecular flexibility index (Phi) is 4.24. The first-order valence-corrected chi connectivity index (χ1v) is 6.51. The van der Waals surface area contributed by atoms with Crippen LogP contribution >= 0.6 is 0 Å². The molecule has 2 heterocycles. The van der Waals surface area contributed by atoms with Crippen molar-refractivity contribution >= 4 is 5.97 Å². The normalized spacial score (nSPS) is 11.7. The third kappa shape index (κ3) is 3.48. The van der Waals surface area contributed by atoms with Gasteiger partial charge in [-0.3, -0.25) is 9.89 Å². The van der Waals surface area contributed by atoms with Gasteiger partial charge >= 0.3 is 5.97 Å². The highest BCUT2D eigenvalue weighted by molar-refractivity contribution is 5.73.